The normalized spacial score (nSPS) is 19.0. The standard InChI is InChI=1S/C9H16N2/c1-6(2)8-4-3-7(10)5-9(8)11/h5-6H,3-4,10-11H2,1-2H3. The summed E-state index contributed by atoms with van der Waals surface area (Å²) in [5.41, 5.74) is 14.6. The lowest BCUT2D eigenvalue weighted by molar-refractivity contribution is 0.685. The van der Waals surface area contributed by atoms with Gasteiger partial charge in [0.1, 0.15) is 0 Å². The molecular weight excluding hydrogens is 136 g/mol. The number of allylic oxidation sites excluding steroid dienone is 3. The first-order valence-electron chi connectivity index (χ1n) is 4.06. The Morgan fingerprint density at radius 2 is 1.91 bits per heavy atom. The second-order valence-corrected chi connectivity index (χ2v) is 3.35. The van der Waals surface area contributed by atoms with E-state index in [2.05, 4.69) is 13.8 Å². The van der Waals surface area contributed by atoms with Gasteiger partial charge in [-0.1, -0.05) is 13.8 Å². The molecule has 4 N–H and O–H groups in total. The molecule has 1 rings (SSSR count). The van der Waals surface area contributed by atoms with E-state index in [4.69, 9.17) is 11.5 Å². The van der Waals surface area contributed by atoms with Crippen LogP contribution in [-0.4, -0.2) is 0 Å². The van der Waals surface area contributed by atoms with Gasteiger partial charge in [-0.2, -0.15) is 0 Å². The van der Waals surface area contributed by atoms with Gasteiger partial charge < -0.3 is 11.5 Å². The maximum atomic E-state index is 5.79. The molecule has 0 saturated heterocycles. The summed E-state index contributed by atoms with van der Waals surface area (Å²) in [6.45, 7) is 4.33. The molecule has 2 heteroatoms. The van der Waals surface area contributed by atoms with E-state index in [9.17, 15) is 0 Å². The summed E-state index contributed by atoms with van der Waals surface area (Å²) < 4.78 is 0. The minimum Gasteiger partial charge on any atom is -0.402 e. The molecule has 0 aliphatic heterocycles. The van der Waals surface area contributed by atoms with Crippen LogP contribution in [0.4, 0.5) is 0 Å². The zero-order valence-electron chi connectivity index (χ0n) is 7.22. The third-order valence-corrected chi connectivity index (χ3v) is 2.09. The summed E-state index contributed by atoms with van der Waals surface area (Å²) in [4.78, 5) is 0. The highest BCUT2D eigenvalue weighted by atomic mass is 14.6. The highest BCUT2D eigenvalue weighted by Gasteiger charge is 2.11. The van der Waals surface area contributed by atoms with E-state index >= 15 is 0 Å². The van der Waals surface area contributed by atoms with Crippen LogP contribution in [0.15, 0.2) is 23.0 Å². The van der Waals surface area contributed by atoms with Crippen molar-refractivity contribution in [3.8, 4) is 0 Å². The molecule has 0 fully saturated rings. The molecule has 0 aromatic carbocycles. The van der Waals surface area contributed by atoms with Crippen molar-refractivity contribution in [3.63, 3.8) is 0 Å². The van der Waals surface area contributed by atoms with Crippen LogP contribution >= 0.6 is 0 Å². The van der Waals surface area contributed by atoms with Gasteiger partial charge in [-0.15, -0.1) is 0 Å². The van der Waals surface area contributed by atoms with Gasteiger partial charge in [0.25, 0.3) is 0 Å². The Morgan fingerprint density at radius 1 is 1.27 bits per heavy atom. The van der Waals surface area contributed by atoms with Crippen LogP contribution in [0.1, 0.15) is 26.7 Å². The molecule has 1 aliphatic carbocycles. The van der Waals surface area contributed by atoms with Crippen molar-refractivity contribution in [2.24, 2.45) is 17.4 Å². The average Bonchev–Trinajstić information content (AvgIpc) is 1.85. The molecule has 0 heterocycles. The molecule has 0 bridgehead atoms. The highest BCUT2D eigenvalue weighted by molar-refractivity contribution is 5.30. The Hall–Kier alpha value is -0.920. The first kappa shape index (κ1) is 8.18. The lowest BCUT2D eigenvalue weighted by Crippen LogP contribution is -2.13. The van der Waals surface area contributed by atoms with Gasteiger partial charge >= 0.3 is 0 Å². The number of nitrogens with two attached hydrogens (primary N) is 2. The Kier molecular flexibility index (Phi) is 2.22. The molecule has 0 radical (unpaired) electrons. The van der Waals surface area contributed by atoms with Gasteiger partial charge in [0.2, 0.25) is 0 Å². The molecule has 2 nitrogen and oxygen atoms in total. The smallest absolute Gasteiger partial charge is 0.0325 e. The molecular formula is C9H16N2. The first-order valence-corrected chi connectivity index (χ1v) is 4.06. The van der Waals surface area contributed by atoms with E-state index < -0.39 is 0 Å². The van der Waals surface area contributed by atoms with Gasteiger partial charge in [0, 0.05) is 11.4 Å². The second kappa shape index (κ2) is 2.99. The van der Waals surface area contributed by atoms with Gasteiger partial charge in [-0.25, -0.2) is 0 Å². The van der Waals surface area contributed by atoms with Crippen molar-refractivity contribution in [1.82, 2.24) is 0 Å². The zero-order valence-corrected chi connectivity index (χ0v) is 7.22. The van der Waals surface area contributed by atoms with Crippen molar-refractivity contribution >= 4 is 0 Å². The number of hydrogen-bond donors (Lipinski definition) is 2. The van der Waals surface area contributed by atoms with Crippen LogP contribution in [0, 0.1) is 5.92 Å². The molecule has 0 aromatic rings. The minimum absolute atomic E-state index is 0.555. The van der Waals surface area contributed by atoms with E-state index in [-0.39, 0.29) is 0 Å². The van der Waals surface area contributed by atoms with Crippen LogP contribution < -0.4 is 11.5 Å². The number of rotatable bonds is 1. The van der Waals surface area contributed by atoms with Gasteiger partial charge in [0.15, 0.2) is 0 Å². The van der Waals surface area contributed by atoms with Crippen molar-refractivity contribution in [2.75, 3.05) is 0 Å². The summed E-state index contributed by atoms with van der Waals surface area (Å²) in [7, 11) is 0. The molecule has 11 heavy (non-hydrogen) atoms. The summed E-state index contributed by atoms with van der Waals surface area (Å²) >= 11 is 0. The Labute approximate surface area is 68.0 Å². The van der Waals surface area contributed by atoms with Crippen LogP contribution in [0.25, 0.3) is 0 Å². The Morgan fingerprint density at radius 3 is 2.36 bits per heavy atom. The molecule has 0 aromatic heterocycles. The average molecular weight is 152 g/mol. The van der Waals surface area contributed by atoms with E-state index in [0.717, 1.165) is 24.2 Å². The monoisotopic (exact) mass is 152 g/mol. The fourth-order valence-corrected chi connectivity index (χ4v) is 1.41. The predicted molar refractivity (Wildman–Crippen MR) is 47.6 cm³/mol. The maximum Gasteiger partial charge on any atom is 0.0325 e. The highest BCUT2D eigenvalue weighted by Crippen LogP contribution is 2.24. The van der Waals surface area contributed by atoms with E-state index in [0.29, 0.717) is 5.92 Å². The quantitative estimate of drug-likeness (QED) is 0.598. The fourth-order valence-electron chi connectivity index (χ4n) is 1.41. The van der Waals surface area contributed by atoms with Crippen molar-refractivity contribution in [3.05, 3.63) is 23.0 Å². The van der Waals surface area contributed by atoms with E-state index in [1.165, 1.54) is 5.57 Å². The Balaban J connectivity index is 2.86. The van der Waals surface area contributed by atoms with Gasteiger partial charge in [-0.05, 0) is 30.4 Å². The first-order chi connectivity index (χ1) is 5.11. The third kappa shape index (κ3) is 1.76. The maximum absolute atomic E-state index is 5.79. The third-order valence-electron chi connectivity index (χ3n) is 2.09. The van der Waals surface area contributed by atoms with Crippen molar-refractivity contribution in [1.29, 1.82) is 0 Å². The fraction of sp³-hybridized carbons (Fsp3) is 0.556. The zero-order chi connectivity index (χ0) is 8.43. The van der Waals surface area contributed by atoms with Crippen LogP contribution in [0.3, 0.4) is 0 Å². The molecule has 0 atom stereocenters. The Bertz CT molecular complexity index is 212. The van der Waals surface area contributed by atoms with Gasteiger partial charge in [-0.3, -0.25) is 0 Å². The van der Waals surface area contributed by atoms with Crippen LogP contribution in [0.5, 0.6) is 0 Å². The predicted octanol–water partition coefficient (Wildman–Crippen LogP) is 1.49. The van der Waals surface area contributed by atoms with E-state index in [1.807, 2.05) is 6.08 Å². The molecule has 62 valence electrons. The summed E-state index contributed by atoms with van der Waals surface area (Å²) in [5.74, 6) is 0.555. The summed E-state index contributed by atoms with van der Waals surface area (Å²) in [6, 6.07) is 0. The minimum atomic E-state index is 0.555. The molecule has 1 aliphatic rings. The molecule has 0 amide bonds. The second-order valence-electron chi connectivity index (χ2n) is 3.35. The van der Waals surface area contributed by atoms with Crippen molar-refractivity contribution in [2.45, 2.75) is 26.7 Å². The van der Waals surface area contributed by atoms with Gasteiger partial charge in [0.05, 0.1) is 0 Å². The summed E-state index contributed by atoms with van der Waals surface area (Å²) in [6.07, 6.45) is 3.89. The van der Waals surface area contributed by atoms with Crippen LogP contribution in [-0.2, 0) is 0 Å². The van der Waals surface area contributed by atoms with Crippen molar-refractivity contribution < 1.29 is 0 Å². The summed E-state index contributed by atoms with van der Waals surface area (Å²) in [5, 5.41) is 0. The SMILES string of the molecule is CC(C)C1=C(N)C=C(N)CC1. The molecule has 0 unspecified atom stereocenters. The molecule has 0 saturated carbocycles. The lowest BCUT2D eigenvalue weighted by atomic mass is 9.92. The lowest BCUT2D eigenvalue weighted by Gasteiger charge is -2.18. The number of hydrogen-bond acceptors (Lipinski definition) is 2. The largest absolute Gasteiger partial charge is 0.402 e. The topological polar surface area (TPSA) is 52.0 Å². The van der Waals surface area contributed by atoms with Crippen LogP contribution in [0.2, 0.25) is 0 Å². The van der Waals surface area contributed by atoms with E-state index in [1.54, 1.807) is 0 Å². The molecule has 0 spiro atoms.